The number of nitrogens with zero attached hydrogens (tertiary/aromatic N) is 3. The summed E-state index contributed by atoms with van der Waals surface area (Å²) in [4.78, 5) is 57.4. The van der Waals surface area contributed by atoms with Crippen LogP contribution >= 0.6 is 0 Å². The molecule has 0 aliphatic carbocycles. The van der Waals surface area contributed by atoms with Crippen molar-refractivity contribution < 1.29 is 33.8 Å². The molecule has 7 atom stereocenters. The van der Waals surface area contributed by atoms with E-state index in [1.54, 1.807) is 42.9 Å². The lowest BCUT2D eigenvalue weighted by molar-refractivity contribution is -0.145. The fraction of sp³-hybridized carbons (Fsp3) is 0.862. The second-order valence-electron chi connectivity index (χ2n) is 11.6. The molecule has 2 heterocycles. The fourth-order valence-electron chi connectivity index (χ4n) is 6.19. The summed E-state index contributed by atoms with van der Waals surface area (Å²) in [6.07, 6.45) is 1.24. The van der Waals surface area contributed by atoms with Gasteiger partial charge in [0.15, 0.2) is 0 Å². The Bertz CT molecular complexity index is 893. The number of amides is 5. The van der Waals surface area contributed by atoms with Crippen molar-refractivity contribution in [2.24, 2.45) is 11.8 Å². The van der Waals surface area contributed by atoms with Gasteiger partial charge in [0.05, 0.1) is 49.8 Å². The van der Waals surface area contributed by atoms with E-state index in [9.17, 15) is 19.2 Å². The number of urea groups is 1. The molecule has 0 spiro atoms. The van der Waals surface area contributed by atoms with Crippen molar-refractivity contribution in [1.82, 2.24) is 30.7 Å². The number of hydrogen-bond donors (Lipinski definition) is 4. The number of nitrogens with one attached hydrogen (secondary N) is 3. The first-order valence-corrected chi connectivity index (χ1v) is 15.3. The molecule has 0 radical (unpaired) electrons. The van der Waals surface area contributed by atoms with Gasteiger partial charge in [-0.25, -0.2) is 4.79 Å². The van der Waals surface area contributed by atoms with E-state index in [2.05, 4.69) is 16.0 Å². The first kappa shape index (κ1) is 35.7. The highest BCUT2D eigenvalue weighted by molar-refractivity contribution is 5.84. The Balaban J connectivity index is 2.11. The number of rotatable bonds is 15. The zero-order chi connectivity index (χ0) is 31.4. The van der Waals surface area contributed by atoms with Gasteiger partial charge in [-0.15, -0.1) is 0 Å². The first-order chi connectivity index (χ1) is 20.0. The lowest BCUT2D eigenvalue weighted by Gasteiger charge is -2.39. The average Bonchev–Trinajstić information content (AvgIpc) is 3.47. The van der Waals surface area contributed by atoms with Gasteiger partial charge in [0.1, 0.15) is 0 Å². The predicted molar refractivity (Wildman–Crippen MR) is 159 cm³/mol. The van der Waals surface area contributed by atoms with Gasteiger partial charge in [-0.2, -0.15) is 0 Å². The van der Waals surface area contributed by atoms with Gasteiger partial charge in [0.25, 0.3) is 0 Å². The molecule has 0 aromatic carbocycles. The Morgan fingerprint density at radius 1 is 1.10 bits per heavy atom. The van der Waals surface area contributed by atoms with E-state index in [0.29, 0.717) is 32.6 Å². The smallest absolute Gasteiger partial charge is 0.318 e. The summed E-state index contributed by atoms with van der Waals surface area (Å²) in [6.45, 7) is 10.2. The molecule has 0 aromatic rings. The molecule has 13 nitrogen and oxygen atoms in total. The average molecular weight is 599 g/mol. The van der Waals surface area contributed by atoms with Crippen LogP contribution in [-0.2, 0) is 23.9 Å². The molecule has 0 saturated carbocycles. The number of aliphatic hydroxyl groups is 1. The van der Waals surface area contributed by atoms with Crippen LogP contribution in [-0.4, -0.2) is 141 Å². The van der Waals surface area contributed by atoms with Gasteiger partial charge >= 0.3 is 6.03 Å². The SMILES string of the molecule is CC[C@H](C)[C@@H]([C@@H](CC(=O)N1CCC[C@H]1[C@H](OC)[C@@H](C)C(=O)NCCO)OC)N(C)C(=O)CNC(=O)N1CCNC[C@H]1C. The number of methoxy groups -OCH3 is 2. The molecular formula is C29H54N6O7. The van der Waals surface area contributed by atoms with Crippen LogP contribution in [0.2, 0.25) is 0 Å². The minimum Gasteiger partial charge on any atom is -0.395 e. The van der Waals surface area contributed by atoms with E-state index in [4.69, 9.17) is 14.6 Å². The molecule has 42 heavy (non-hydrogen) atoms. The van der Waals surface area contributed by atoms with Crippen LogP contribution < -0.4 is 16.0 Å². The summed E-state index contributed by atoms with van der Waals surface area (Å²) in [7, 11) is 4.79. The minimum absolute atomic E-state index is 0.0249. The van der Waals surface area contributed by atoms with E-state index in [1.165, 1.54) is 0 Å². The highest BCUT2D eigenvalue weighted by Gasteiger charge is 2.42. The van der Waals surface area contributed by atoms with Crippen molar-refractivity contribution in [2.75, 3.05) is 67.1 Å². The number of ether oxygens (including phenoxy) is 2. The Hall–Kier alpha value is -2.48. The number of carbonyl (C=O) groups excluding carboxylic acids is 4. The summed E-state index contributed by atoms with van der Waals surface area (Å²) >= 11 is 0. The summed E-state index contributed by atoms with van der Waals surface area (Å²) in [5.74, 6) is -1.11. The summed E-state index contributed by atoms with van der Waals surface area (Å²) < 4.78 is 11.6. The third-order valence-electron chi connectivity index (χ3n) is 8.87. The van der Waals surface area contributed by atoms with Crippen molar-refractivity contribution in [3.8, 4) is 0 Å². The third-order valence-corrected chi connectivity index (χ3v) is 8.87. The molecule has 2 fully saturated rings. The second-order valence-corrected chi connectivity index (χ2v) is 11.6. The maximum atomic E-state index is 13.7. The summed E-state index contributed by atoms with van der Waals surface area (Å²) in [5, 5.41) is 17.8. The zero-order valence-electron chi connectivity index (χ0n) is 26.6. The van der Waals surface area contributed by atoms with E-state index in [-0.39, 0.29) is 67.9 Å². The van der Waals surface area contributed by atoms with Gasteiger partial charge in [0, 0.05) is 60.0 Å². The van der Waals surface area contributed by atoms with Crippen molar-refractivity contribution in [2.45, 2.75) is 83.7 Å². The Kier molecular flexibility index (Phi) is 15.0. The minimum atomic E-state index is -0.571. The normalized spacial score (nSPS) is 22.6. The molecule has 0 bridgehead atoms. The number of carbonyl (C=O) groups is 4. The van der Waals surface area contributed by atoms with Gasteiger partial charge in [-0.05, 0) is 25.7 Å². The second kappa shape index (κ2) is 17.6. The zero-order valence-corrected chi connectivity index (χ0v) is 26.6. The number of likely N-dealkylation sites (tertiary alicyclic amines) is 1. The quantitative estimate of drug-likeness (QED) is 0.206. The monoisotopic (exact) mass is 598 g/mol. The Morgan fingerprint density at radius 3 is 2.40 bits per heavy atom. The molecule has 4 N–H and O–H groups in total. The standard InChI is InChI=1S/C29H54N6O7/c1-8-19(2)26(33(5)25(38)18-32-29(40)34-14-11-30-17-20(34)3)23(41-6)16-24(37)35-13-9-10-22(35)27(42-7)21(4)28(39)31-12-15-36/h19-23,26-27,30,36H,8-18H2,1-7H3,(H,31,39)(H,32,40)/t19-,20+,21+,22-,23+,26-,27+/m0/s1. The van der Waals surface area contributed by atoms with Crippen LogP contribution in [0.1, 0.15) is 53.4 Å². The lowest BCUT2D eigenvalue weighted by atomic mass is 9.90. The summed E-state index contributed by atoms with van der Waals surface area (Å²) in [6, 6.07) is -0.905. The molecule has 2 saturated heterocycles. The highest BCUT2D eigenvalue weighted by atomic mass is 16.5. The topological polar surface area (TPSA) is 153 Å². The van der Waals surface area contributed by atoms with E-state index < -0.39 is 24.2 Å². The maximum Gasteiger partial charge on any atom is 0.318 e. The maximum absolute atomic E-state index is 13.7. The fourth-order valence-corrected chi connectivity index (χ4v) is 6.19. The van der Waals surface area contributed by atoms with Crippen LogP contribution in [0.15, 0.2) is 0 Å². The van der Waals surface area contributed by atoms with Crippen LogP contribution in [0.4, 0.5) is 4.79 Å². The molecule has 5 amide bonds. The van der Waals surface area contributed by atoms with Crippen molar-refractivity contribution in [1.29, 1.82) is 0 Å². The molecule has 242 valence electrons. The first-order valence-electron chi connectivity index (χ1n) is 15.3. The number of likely N-dealkylation sites (N-methyl/N-ethyl adjacent to an activating group) is 1. The lowest BCUT2D eigenvalue weighted by Crippen LogP contribution is -2.57. The molecule has 2 aliphatic heterocycles. The highest BCUT2D eigenvalue weighted by Crippen LogP contribution is 2.29. The number of piperazine rings is 1. The van der Waals surface area contributed by atoms with E-state index >= 15 is 0 Å². The number of hydrogen-bond acceptors (Lipinski definition) is 8. The molecule has 2 rings (SSSR count). The van der Waals surface area contributed by atoms with Gasteiger partial charge in [-0.3, -0.25) is 14.4 Å². The van der Waals surface area contributed by atoms with Crippen molar-refractivity contribution in [3.05, 3.63) is 0 Å². The van der Waals surface area contributed by atoms with Crippen LogP contribution in [0, 0.1) is 11.8 Å². The van der Waals surface area contributed by atoms with E-state index in [0.717, 1.165) is 12.8 Å². The van der Waals surface area contributed by atoms with Crippen LogP contribution in [0.25, 0.3) is 0 Å². The molecule has 13 heteroatoms. The van der Waals surface area contributed by atoms with Crippen LogP contribution in [0.5, 0.6) is 0 Å². The largest absolute Gasteiger partial charge is 0.395 e. The van der Waals surface area contributed by atoms with Crippen molar-refractivity contribution in [3.63, 3.8) is 0 Å². The van der Waals surface area contributed by atoms with Crippen LogP contribution in [0.3, 0.4) is 0 Å². The Morgan fingerprint density at radius 2 is 1.81 bits per heavy atom. The van der Waals surface area contributed by atoms with Gasteiger partial charge in [0.2, 0.25) is 17.7 Å². The molecule has 0 unspecified atom stereocenters. The predicted octanol–water partition coefficient (Wildman–Crippen LogP) is 0.0185. The summed E-state index contributed by atoms with van der Waals surface area (Å²) in [5.41, 5.74) is 0. The Labute approximate surface area is 251 Å². The molecule has 0 aromatic heterocycles. The van der Waals surface area contributed by atoms with E-state index in [1.807, 2.05) is 20.8 Å². The third kappa shape index (κ3) is 9.26. The van der Waals surface area contributed by atoms with Gasteiger partial charge in [-0.1, -0.05) is 27.2 Å². The number of aliphatic hydroxyl groups excluding tert-OH is 1. The molecule has 2 aliphatic rings. The van der Waals surface area contributed by atoms with Gasteiger partial charge < -0.3 is 45.2 Å². The van der Waals surface area contributed by atoms with Crippen molar-refractivity contribution >= 4 is 23.8 Å². The molecular weight excluding hydrogens is 544 g/mol.